The first-order valence-corrected chi connectivity index (χ1v) is 36.0. The third kappa shape index (κ3) is 12.6. The molecule has 0 radical (unpaired) electrons. The Morgan fingerprint density at radius 1 is 0.167 bits per heavy atom. The number of rotatable bonds is 23. The fourth-order valence-electron chi connectivity index (χ4n) is 14.4. The molecule has 4 N–H and O–H groups in total. The van der Waals surface area contributed by atoms with Crippen LogP contribution in [0.4, 0.5) is 22.7 Å². The van der Waals surface area contributed by atoms with Gasteiger partial charge in [0.05, 0.1) is 32.5 Å². The third-order valence-electron chi connectivity index (χ3n) is 19.1. The Morgan fingerprint density at radius 3 is 0.402 bits per heavy atom. The average Bonchev–Trinajstić information content (AvgIpc) is 0.759. The number of carbonyl (C=O) groups excluding carboxylic acids is 4. The Kier molecular flexibility index (Phi) is 19.9. The molecule has 8 nitrogen and oxygen atoms in total. The van der Waals surface area contributed by atoms with Gasteiger partial charge in [-0.1, -0.05) is 376 Å². The van der Waals surface area contributed by atoms with Crippen LogP contribution in [0.25, 0.3) is 0 Å². The second-order valence-electron chi connectivity index (χ2n) is 24.7. The molecule has 0 atom stereocenters. The van der Waals surface area contributed by atoms with Crippen molar-refractivity contribution in [3.05, 3.63) is 467 Å². The Bertz CT molecular complexity index is 4120. The van der Waals surface area contributed by atoms with Crippen LogP contribution in [0.3, 0.4) is 0 Å². The first kappa shape index (κ1) is 66.9. The van der Waals surface area contributed by atoms with E-state index in [-0.39, 0.29) is 23.6 Å². The number of hydrogen-bond donors (Lipinski definition) is 4. The predicted octanol–water partition coefficient (Wildman–Crippen LogP) is 20.4. The van der Waals surface area contributed by atoms with Crippen LogP contribution in [0.2, 0.25) is 0 Å². The van der Waals surface area contributed by atoms with Crippen molar-refractivity contribution in [1.29, 1.82) is 0 Å². The lowest BCUT2D eigenvalue weighted by Gasteiger charge is -2.36. The normalized spacial score (nSPS) is 11.6. The summed E-state index contributed by atoms with van der Waals surface area (Å²) in [6.07, 6.45) is 0. The monoisotopic (exact) mass is 1360 g/mol. The summed E-state index contributed by atoms with van der Waals surface area (Å²) in [7, 11) is 2.53. The van der Waals surface area contributed by atoms with Crippen LogP contribution in [0, 0.1) is 0 Å². The Morgan fingerprint density at radius 2 is 0.284 bits per heavy atom. The Labute approximate surface area is 603 Å². The van der Waals surface area contributed by atoms with E-state index in [0.717, 1.165) is 66.8 Å². The molecule has 14 rings (SSSR count). The second kappa shape index (κ2) is 30.4. The molecule has 102 heavy (non-hydrogen) atoms. The SMILES string of the molecule is O=C(Nc1cccc(NC(=O)C(c2ccccc2)(c2ccccc2)c2ccccc2)c1SSc1c(NC(=O)C(c2ccccc2)(c2ccccc2)c2ccccc2)cccc1NC(=O)C(c1ccccc1)(c1ccccc1)c1ccccc1)C(c1ccccc1)(c1ccccc1)c1ccccc1. The number of nitrogens with one attached hydrogen (secondary N) is 4. The van der Waals surface area contributed by atoms with Crippen LogP contribution in [0.1, 0.15) is 66.8 Å². The van der Waals surface area contributed by atoms with Crippen molar-refractivity contribution >= 4 is 68.0 Å². The second-order valence-corrected chi connectivity index (χ2v) is 26.9. The molecule has 0 aliphatic heterocycles. The fourth-order valence-corrected chi connectivity index (χ4v) is 17.0. The summed E-state index contributed by atoms with van der Waals surface area (Å²) in [5, 5.41) is 14.0. The lowest BCUT2D eigenvalue weighted by Crippen LogP contribution is -2.43. The molecule has 0 aliphatic carbocycles. The van der Waals surface area contributed by atoms with Crippen molar-refractivity contribution in [3.8, 4) is 0 Å². The van der Waals surface area contributed by atoms with Crippen LogP contribution < -0.4 is 21.3 Å². The largest absolute Gasteiger partial charge is 0.324 e. The number of carbonyl (C=O) groups is 4. The summed E-state index contributed by atoms with van der Waals surface area (Å²) in [6, 6.07) is 128. The van der Waals surface area contributed by atoms with Gasteiger partial charge in [-0.25, -0.2) is 0 Å². The summed E-state index contributed by atoms with van der Waals surface area (Å²) in [5.74, 6) is -1.47. The summed E-state index contributed by atoms with van der Waals surface area (Å²) in [4.78, 5) is 67.5. The highest BCUT2D eigenvalue weighted by Crippen LogP contribution is 2.53. The van der Waals surface area contributed by atoms with Crippen molar-refractivity contribution < 1.29 is 19.2 Å². The van der Waals surface area contributed by atoms with E-state index in [1.54, 1.807) is 0 Å². The molecule has 0 aliphatic rings. The highest BCUT2D eigenvalue weighted by Gasteiger charge is 2.49. The van der Waals surface area contributed by atoms with E-state index in [9.17, 15) is 0 Å². The third-order valence-corrected chi connectivity index (χ3v) is 21.6. The molecular weight excluding hydrogens is 1290 g/mol. The van der Waals surface area contributed by atoms with Gasteiger partial charge < -0.3 is 21.3 Å². The van der Waals surface area contributed by atoms with Gasteiger partial charge in [-0.15, -0.1) is 0 Å². The van der Waals surface area contributed by atoms with Crippen molar-refractivity contribution in [1.82, 2.24) is 0 Å². The summed E-state index contributed by atoms with van der Waals surface area (Å²) in [6.45, 7) is 0. The Balaban J connectivity index is 0.983. The number of benzene rings is 14. The standard InChI is InChI=1S/C92H70N4O4S2/c97-85(89(67-39-13-1-14-40-67,68-41-15-2-16-42-68)69-43-17-3-18-44-69)93-79-63-37-64-80(94-86(98)90(70-45-19-4-20-46-70,71-47-21-5-22-48-71)72-49-23-6-24-50-72)83(79)101-102-84-81(95-87(99)91(73-51-25-7-26-52-73,74-53-27-8-28-54-74)75-55-29-9-30-56-75)65-38-66-82(84)96-88(100)92(76-57-31-10-32-58-76,77-59-33-11-34-60-77)78-61-35-12-36-62-78/h1-66H,(H,93,97)(H,94,98)(H,95,99)(H,96,100). The summed E-state index contributed by atoms with van der Waals surface area (Å²) in [5.41, 5.74) is 4.49. The molecule has 0 unspecified atom stereocenters. The summed E-state index contributed by atoms with van der Waals surface area (Å²) >= 11 is 0. The van der Waals surface area contributed by atoms with Gasteiger partial charge in [0.2, 0.25) is 23.6 Å². The average molecular weight is 1360 g/mol. The molecule has 14 aromatic rings. The van der Waals surface area contributed by atoms with E-state index in [1.165, 1.54) is 21.6 Å². The van der Waals surface area contributed by atoms with E-state index >= 15 is 19.2 Å². The molecule has 0 saturated heterocycles. The van der Waals surface area contributed by atoms with Gasteiger partial charge in [-0.2, -0.15) is 0 Å². The van der Waals surface area contributed by atoms with Gasteiger partial charge in [0, 0.05) is 0 Å². The van der Waals surface area contributed by atoms with E-state index in [2.05, 4.69) is 21.3 Å². The topological polar surface area (TPSA) is 116 Å². The minimum Gasteiger partial charge on any atom is -0.324 e. The van der Waals surface area contributed by atoms with E-state index in [0.29, 0.717) is 32.5 Å². The molecular formula is C92H70N4O4S2. The predicted molar refractivity (Wildman–Crippen MR) is 416 cm³/mol. The summed E-state index contributed by atoms with van der Waals surface area (Å²) < 4.78 is 0. The molecule has 494 valence electrons. The van der Waals surface area contributed by atoms with Gasteiger partial charge in [-0.05, 0) is 113 Å². The molecule has 0 fully saturated rings. The molecule has 10 heteroatoms. The quantitative estimate of drug-likeness (QED) is 0.0375. The van der Waals surface area contributed by atoms with Crippen molar-refractivity contribution in [2.45, 2.75) is 31.5 Å². The lowest BCUT2D eigenvalue weighted by atomic mass is 9.68. The zero-order chi connectivity index (χ0) is 69.6. The first-order valence-electron chi connectivity index (χ1n) is 33.8. The van der Waals surface area contributed by atoms with Gasteiger partial charge >= 0.3 is 0 Å². The highest BCUT2D eigenvalue weighted by atomic mass is 33.1. The van der Waals surface area contributed by atoms with Crippen LogP contribution in [0.15, 0.2) is 410 Å². The van der Waals surface area contributed by atoms with Crippen molar-refractivity contribution in [3.63, 3.8) is 0 Å². The van der Waals surface area contributed by atoms with Crippen LogP contribution in [-0.4, -0.2) is 23.6 Å². The highest BCUT2D eigenvalue weighted by molar-refractivity contribution is 8.76. The van der Waals surface area contributed by atoms with E-state index in [1.807, 2.05) is 400 Å². The Hall–Kier alpha value is -12.3. The maximum atomic E-state index is 16.6. The smallest absolute Gasteiger partial charge is 0.244 e. The lowest BCUT2D eigenvalue weighted by molar-refractivity contribution is -0.120. The molecule has 0 saturated carbocycles. The molecule has 0 spiro atoms. The molecule has 0 bridgehead atoms. The maximum absolute atomic E-state index is 16.6. The fraction of sp³-hybridized carbons (Fsp3) is 0.0435. The number of hydrogen-bond acceptors (Lipinski definition) is 6. The zero-order valence-electron chi connectivity index (χ0n) is 55.6. The van der Waals surface area contributed by atoms with Gasteiger partial charge in [-0.3, -0.25) is 19.2 Å². The van der Waals surface area contributed by atoms with Crippen LogP contribution >= 0.6 is 21.6 Å². The van der Waals surface area contributed by atoms with Crippen molar-refractivity contribution in [2.75, 3.05) is 21.3 Å². The molecule has 14 aromatic carbocycles. The van der Waals surface area contributed by atoms with Crippen LogP contribution in [-0.2, 0) is 40.8 Å². The maximum Gasteiger partial charge on any atom is 0.244 e. The van der Waals surface area contributed by atoms with E-state index < -0.39 is 21.7 Å². The minimum absolute atomic E-state index is 0.367. The number of amides is 4. The van der Waals surface area contributed by atoms with Gasteiger partial charge in [0.1, 0.15) is 21.7 Å². The number of anilines is 4. The van der Waals surface area contributed by atoms with Gasteiger partial charge in [0.15, 0.2) is 0 Å². The molecule has 4 amide bonds. The van der Waals surface area contributed by atoms with Gasteiger partial charge in [0.25, 0.3) is 0 Å². The molecule has 0 aromatic heterocycles. The van der Waals surface area contributed by atoms with E-state index in [4.69, 9.17) is 0 Å². The minimum atomic E-state index is -1.43. The van der Waals surface area contributed by atoms with Crippen molar-refractivity contribution in [2.24, 2.45) is 0 Å². The molecule has 0 heterocycles. The van der Waals surface area contributed by atoms with Crippen LogP contribution in [0.5, 0.6) is 0 Å². The first-order chi connectivity index (χ1) is 50.3. The zero-order valence-corrected chi connectivity index (χ0v) is 57.2.